The summed E-state index contributed by atoms with van der Waals surface area (Å²) < 4.78 is 4.49. The van der Waals surface area contributed by atoms with Crippen molar-refractivity contribution >= 4 is 23.4 Å². The van der Waals surface area contributed by atoms with Crippen molar-refractivity contribution in [2.45, 2.75) is 19.9 Å². The van der Waals surface area contributed by atoms with Crippen LogP contribution in [0.25, 0.3) is 0 Å². The van der Waals surface area contributed by atoms with Gasteiger partial charge in [-0.1, -0.05) is 19.9 Å². The number of nitrogens with one attached hydrogen (secondary N) is 2. The zero-order valence-electron chi connectivity index (χ0n) is 11.3. The standard InChI is InChI=1S/C13H19N3O3/c1-8(2)11(14)12(17)15-9-5-4-6-10(7-9)16-13(18)19-3/h4-8,11H,14H2,1-3H3,(H,15,17)(H,16,18)/t11-/m0/s1. The molecule has 1 aromatic carbocycles. The number of hydrogen-bond acceptors (Lipinski definition) is 4. The van der Waals surface area contributed by atoms with Crippen LogP contribution in [0.15, 0.2) is 24.3 Å². The molecule has 0 aromatic heterocycles. The van der Waals surface area contributed by atoms with Gasteiger partial charge in [0.25, 0.3) is 0 Å². The highest BCUT2D eigenvalue weighted by atomic mass is 16.5. The summed E-state index contributed by atoms with van der Waals surface area (Å²) in [5, 5.41) is 5.21. The van der Waals surface area contributed by atoms with Crippen LogP contribution in [0.3, 0.4) is 0 Å². The molecule has 1 rings (SSSR count). The average Bonchev–Trinajstić information content (AvgIpc) is 2.37. The molecule has 0 fully saturated rings. The van der Waals surface area contributed by atoms with Crippen molar-refractivity contribution in [2.75, 3.05) is 17.7 Å². The number of anilines is 2. The van der Waals surface area contributed by atoms with Gasteiger partial charge in [0, 0.05) is 11.4 Å². The monoisotopic (exact) mass is 265 g/mol. The normalized spacial score (nSPS) is 11.8. The first-order valence-corrected chi connectivity index (χ1v) is 5.95. The van der Waals surface area contributed by atoms with E-state index in [1.165, 1.54) is 7.11 Å². The summed E-state index contributed by atoms with van der Waals surface area (Å²) in [7, 11) is 1.28. The fraction of sp³-hybridized carbons (Fsp3) is 0.385. The Morgan fingerprint density at radius 1 is 1.21 bits per heavy atom. The molecule has 0 unspecified atom stereocenters. The minimum Gasteiger partial charge on any atom is -0.453 e. The maximum atomic E-state index is 11.8. The molecule has 1 atom stereocenters. The largest absolute Gasteiger partial charge is 0.453 e. The van der Waals surface area contributed by atoms with E-state index in [1.54, 1.807) is 24.3 Å². The molecule has 0 radical (unpaired) electrons. The Morgan fingerprint density at radius 3 is 2.32 bits per heavy atom. The lowest BCUT2D eigenvalue weighted by molar-refractivity contribution is -0.118. The van der Waals surface area contributed by atoms with Gasteiger partial charge in [-0.2, -0.15) is 0 Å². The van der Waals surface area contributed by atoms with Gasteiger partial charge in [-0.3, -0.25) is 10.1 Å². The molecule has 0 bridgehead atoms. The van der Waals surface area contributed by atoms with Gasteiger partial charge in [-0.05, 0) is 24.1 Å². The molecule has 19 heavy (non-hydrogen) atoms. The second-order valence-corrected chi connectivity index (χ2v) is 4.46. The Bertz CT molecular complexity index is 460. The Morgan fingerprint density at radius 2 is 1.79 bits per heavy atom. The molecule has 0 aliphatic rings. The van der Waals surface area contributed by atoms with Crippen molar-refractivity contribution in [1.29, 1.82) is 0 Å². The molecule has 104 valence electrons. The van der Waals surface area contributed by atoms with Gasteiger partial charge in [-0.15, -0.1) is 0 Å². The third kappa shape index (κ3) is 4.59. The van der Waals surface area contributed by atoms with Crippen LogP contribution in [-0.4, -0.2) is 25.2 Å². The number of ether oxygens (including phenoxy) is 1. The summed E-state index contributed by atoms with van der Waals surface area (Å²) in [5.74, 6) is -0.207. The molecule has 0 heterocycles. The SMILES string of the molecule is COC(=O)Nc1cccc(NC(=O)[C@@H](N)C(C)C)c1. The molecular weight excluding hydrogens is 246 g/mol. The first kappa shape index (κ1) is 15.0. The van der Waals surface area contributed by atoms with Crippen LogP contribution in [-0.2, 0) is 9.53 Å². The van der Waals surface area contributed by atoms with Gasteiger partial charge in [-0.25, -0.2) is 4.79 Å². The third-order valence-electron chi connectivity index (χ3n) is 2.58. The van der Waals surface area contributed by atoms with Gasteiger partial charge in [0.05, 0.1) is 13.2 Å². The first-order valence-electron chi connectivity index (χ1n) is 5.95. The first-order chi connectivity index (χ1) is 8.93. The summed E-state index contributed by atoms with van der Waals surface area (Å²) >= 11 is 0. The van der Waals surface area contributed by atoms with Crippen LogP contribution in [0.4, 0.5) is 16.2 Å². The fourth-order valence-corrected chi connectivity index (χ4v) is 1.37. The van der Waals surface area contributed by atoms with Gasteiger partial charge >= 0.3 is 6.09 Å². The van der Waals surface area contributed by atoms with E-state index in [2.05, 4.69) is 15.4 Å². The van der Waals surface area contributed by atoms with Crippen molar-refractivity contribution in [1.82, 2.24) is 0 Å². The van der Waals surface area contributed by atoms with E-state index in [9.17, 15) is 9.59 Å². The van der Waals surface area contributed by atoms with Gasteiger partial charge in [0.1, 0.15) is 0 Å². The number of amides is 2. The topological polar surface area (TPSA) is 93.5 Å². The van der Waals surface area contributed by atoms with E-state index in [0.717, 1.165) is 0 Å². The Kier molecular flexibility index (Phi) is 5.32. The smallest absolute Gasteiger partial charge is 0.411 e. The van der Waals surface area contributed by atoms with Gasteiger partial charge < -0.3 is 15.8 Å². The van der Waals surface area contributed by atoms with E-state index in [0.29, 0.717) is 11.4 Å². The Labute approximate surface area is 112 Å². The van der Waals surface area contributed by atoms with E-state index in [1.807, 2.05) is 13.8 Å². The lowest BCUT2D eigenvalue weighted by atomic mass is 10.0. The lowest BCUT2D eigenvalue weighted by Crippen LogP contribution is -2.39. The molecular formula is C13H19N3O3. The van der Waals surface area contributed by atoms with Crippen LogP contribution in [0.2, 0.25) is 0 Å². The molecule has 1 aromatic rings. The number of hydrogen-bond donors (Lipinski definition) is 3. The molecule has 0 saturated heterocycles. The highest BCUT2D eigenvalue weighted by Gasteiger charge is 2.17. The van der Waals surface area contributed by atoms with Crippen LogP contribution >= 0.6 is 0 Å². The second-order valence-electron chi connectivity index (χ2n) is 4.46. The van der Waals surface area contributed by atoms with Crippen molar-refractivity contribution in [3.05, 3.63) is 24.3 Å². The molecule has 2 amide bonds. The molecule has 6 nitrogen and oxygen atoms in total. The van der Waals surface area contributed by atoms with Crippen LogP contribution in [0, 0.1) is 5.92 Å². The lowest BCUT2D eigenvalue weighted by Gasteiger charge is -2.15. The fourth-order valence-electron chi connectivity index (χ4n) is 1.37. The summed E-state index contributed by atoms with van der Waals surface area (Å²) in [5.41, 5.74) is 6.84. The van der Waals surface area contributed by atoms with Crippen LogP contribution < -0.4 is 16.4 Å². The van der Waals surface area contributed by atoms with Gasteiger partial charge in [0.2, 0.25) is 5.91 Å². The van der Waals surface area contributed by atoms with E-state index in [4.69, 9.17) is 5.73 Å². The van der Waals surface area contributed by atoms with Gasteiger partial charge in [0.15, 0.2) is 0 Å². The number of nitrogens with two attached hydrogens (primary N) is 1. The van der Waals surface area contributed by atoms with Crippen molar-refractivity contribution < 1.29 is 14.3 Å². The van der Waals surface area contributed by atoms with Crippen molar-refractivity contribution in [3.63, 3.8) is 0 Å². The maximum absolute atomic E-state index is 11.8. The maximum Gasteiger partial charge on any atom is 0.411 e. The predicted molar refractivity (Wildman–Crippen MR) is 73.9 cm³/mol. The number of rotatable bonds is 4. The van der Waals surface area contributed by atoms with Crippen molar-refractivity contribution in [2.24, 2.45) is 11.7 Å². The zero-order chi connectivity index (χ0) is 14.4. The number of benzene rings is 1. The van der Waals surface area contributed by atoms with E-state index in [-0.39, 0.29) is 11.8 Å². The molecule has 0 spiro atoms. The summed E-state index contributed by atoms with van der Waals surface area (Å²) in [6.07, 6.45) is -0.567. The molecule has 6 heteroatoms. The van der Waals surface area contributed by atoms with E-state index < -0.39 is 12.1 Å². The molecule has 4 N–H and O–H groups in total. The second kappa shape index (κ2) is 6.75. The Hall–Kier alpha value is -2.08. The minimum atomic E-state index is -0.572. The summed E-state index contributed by atoms with van der Waals surface area (Å²) in [6.45, 7) is 3.75. The summed E-state index contributed by atoms with van der Waals surface area (Å²) in [4.78, 5) is 22.9. The number of carbonyl (C=O) groups is 2. The third-order valence-corrected chi connectivity index (χ3v) is 2.58. The molecule has 0 aliphatic carbocycles. The molecule has 0 saturated carbocycles. The number of carbonyl (C=O) groups excluding carboxylic acids is 2. The predicted octanol–water partition coefficient (Wildman–Crippen LogP) is 1.79. The molecule has 0 aliphatic heterocycles. The zero-order valence-corrected chi connectivity index (χ0v) is 11.3. The van der Waals surface area contributed by atoms with Crippen molar-refractivity contribution in [3.8, 4) is 0 Å². The Balaban J connectivity index is 2.72. The van der Waals surface area contributed by atoms with Crippen LogP contribution in [0.1, 0.15) is 13.8 Å². The van der Waals surface area contributed by atoms with Crippen LogP contribution in [0.5, 0.6) is 0 Å². The van der Waals surface area contributed by atoms with E-state index >= 15 is 0 Å². The quantitative estimate of drug-likeness (QED) is 0.773. The average molecular weight is 265 g/mol. The number of methoxy groups -OCH3 is 1. The highest BCUT2D eigenvalue weighted by molar-refractivity contribution is 5.95. The summed E-state index contributed by atoms with van der Waals surface area (Å²) in [6, 6.07) is 6.17. The highest BCUT2D eigenvalue weighted by Crippen LogP contribution is 2.16. The minimum absolute atomic E-state index is 0.0522.